The maximum absolute atomic E-state index is 12.2. The van der Waals surface area contributed by atoms with Gasteiger partial charge in [-0.05, 0) is 65.8 Å². The number of nitrogens with one attached hydrogen (secondary N) is 2. The summed E-state index contributed by atoms with van der Waals surface area (Å²) < 4.78 is 0. The van der Waals surface area contributed by atoms with E-state index in [2.05, 4.69) is 38.7 Å². The molecule has 2 atom stereocenters. The van der Waals surface area contributed by atoms with E-state index >= 15 is 0 Å². The third-order valence-electron chi connectivity index (χ3n) is 5.43. The van der Waals surface area contributed by atoms with Crippen LogP contribution in [-0.4, -0.2) is 21.1 Å². The van der Waals surface area contributed by atoms with Crippen molar-refractivity contribution in [3.63, 3.8) is 0 Å². The van der Waals surface area contributed by atoms with Gasteiger partial charge in [0.05, 0.1) is 34.6 Å². The number of aromatic amines is 1. The molecule has 1 aliphatic rings. The average molecular weight is 402 g/mol. The normalized spacial score (nSPS) is 18.0. The molecule has 1 saturated carbocycles. The third-order valence-corrected chi connectivity index (χ3v) is 5.74. The zero-order chi connectivity index (χ0) is 20.1. The standard InChI is InChI=1S/C22H16ClN5O/c1-11-2-20-15(9-26-28-20)5-16(11)12-3-13-7-21(25-10-18(13)19(23)6-12)27-22(29)17-4-14(17)8-24/h2-3,5-7,9-10,14,17H,4H2,1H3,(H,26,28)(H,25,27,29)/t14-,17+/m0/s1. The first-order valence-electron chi connectivity index (χ1n) is 9.27. The molecular formula is C22H16ClN5O. The van der Waals surface area contributed by atoms with Gasteiger partial charge in [0.15, 0.2) is 0 Å². The van der Waals surface area contributed by atoms with Crippen LogP contribution >= 0.6 is 11.6 Å². The molecule has 0 spiro atoms. The maximum Gasteiger partial charge on any atom is 0.230 e. The largest absolute Gasteiger partial charge is 0.310 e. The van der Waals surface area contributed by atoms with Crippen LogP contribution in [0, 0.1) is 30.1 Å². The van der Waals surface area contributed by atoms with Crippen molar-refractivity contribution in [2.24, 2.45) is 11.8 Å². The molecule has 0 bridgehead atoms. The fraction of sp³-hybridized carbons (Fsp3) is 0.182. The highest BCUT2D eigenvalue weighted by Gasteiger charge is 2.43. The second-order valence-electron chi connectivity index (χ2n) is 7.44. The highest BCUT2D eigenvalue weighted by atomic mass is 35.5. The summed E-state index contributed by atoms with van der Waals surface area (Å²) in [6, 6.07) is 12.1. The van der Waals surface area contributed by atoms with Crippen LogP contribution in [0.5, 0.6) is 0 Å². The van der Waals surface area contributed by atoms with Crippen molar-refractivity contribution < 1.29 is 4.79 Å². The smallest absolute Gasteiger partial charge is 0.230 e. The van der Waals surface area contributed by atoms with E-state index in [1.807, 2.05) is 25.1 Å². The number of nitrogens with zero attached hydrogens (tertiary/aromatic N) is 3. The van der Waals surface area contributed by atoms with Crippen LogP contribution in [0.15, 0.2) is 42.7 Å². The molecule has 7 heteroatoms. The predicted molar refractivity (Wildman–Crippen MR) is 112 cm³/mol. The lowest BCUT2D eigenvalue weighted by molar-refractivity contribution is -0.117. The van der Waals surface area contributed by atoms with Crippen LogP contribution in [-0.2, 0) is 4.79 Å². The summed E-state index contributed by atoms with van der Waals surface area (Å²) in [5, 5.41) is 22.1. The number of carbonyl (C=O) groups excluding carboxylic acids is 1. The molecule has 2 heterocycles. The fourth-order valence-corrected chi connectivity index (χ4v) is 3.97. The van der Waals surface area contributed by atoms with E-state index in [1.54, 1.807) is 12.4 Å². The Hall–Kier alpha value is -3.43. The summed E-state index contributed by atoms with van der Waals surface area (Å²) in [5.41, 5.74) is 4.15. The molecule has 4 aromatic rings. The Morgan fingerprint density at radius 2 is 2.10 bits per heavy atom. The highest BCUT2D eigenvalue weighted by Crippen LogP contribution is 2.39. The number of aryl methyl sites for hydroxylation is 1. The average Bonchev–Trinajstić information content (AvgIpc) is 3.37. The number of benzene rings is 2. The molecule has 1 amide bonds. The van der Waals surface area contributed by atoms with Gasteiger partial charge < -0.3 is 5.32 Å². The first kappa shape index (κ1) is 17.7. The van der Waals surface area contributed by atoms with Gasteiger partial charge in [-0.15, -0.1) is 0 Å². The van der Waals surface area contributed by atoms with E-state index < -0.39 is 0 Å². The molecule has 0 unspecified atom stereocenters. The van der Waals surface area contributed by atoms with E-state index in [0.29, 0.717) is 17.3 Å². The van der Waals surface area contributed by atoms with Crippen LogP contribution in [0.3, 0.4) is 0 Å². The second-order valence-corrected chi connectivity index (χ2v) is 7.85. The monoisotopic (exact) mass is 401 g/mol. The summed E-state index contributed by atoms with van der Waals surface area (Å²) in [6.45, 7) is 2.05. The van der Waals surface area contributed by atoms with E-state index in [9.17, 15) is 4.79 Å². The van der Waals surface area contributed by atoms with Gasteiger partial charge in [-0.3, -0.25) is 9.89 Å². The lowest BCUT2D eigenvalue weighted by Crippen LogP contribution is -2.15. The molecule has 2 aromatic heterocycles. The van der Waals surface area contributed by atoms with Gasteiger partial charge >= 0.3 is 0 Å². The molecule has 5 rings (SSSR count). The van der Waals surface area contributed by atoms with E-state index in [-0.39, 0.29) is 17.7 Å². The number of hydrogen-bond donors (Lipinski definition) is 2. The molecule has 0 saturated heterocycles. The molecule has 142 valence electrons. The van der Waals surface area contributed by atoms with Crippen LogP contribution in [0.2, 0.25) is 5.02 Å². The number of hydrogen-bond acceptors (Lipinski definition) is 4. The number of H-pyrrole nitrogens is 1. The summed E-state index contributed by atoms with van der Waals surface area (Å²) in [6.07, 6.45) is 4.07. The minimum absolute atomic E-state index is 0.160. The Bertz CT molecular complexity index is 1340. The minimum atomic E-state index is -0.239. The number of amides is 1. The number of aromatic nitrogens is 3. The summed E-state index contributed by atoms with van der Waals surface area (Å²) >= 11 is 6.54. The number of rotatable bonds is 3. The van der Waals surface area contributed by atoms with Crippen molar-refractivity contribution in [1.29, 1.82) is 5.26 Å². The third kappa shape index (κ3) is 3.10. The van der Waals surface area contributed by atoms with E-state index in [0.717, 1.165) is 38.4 Å². The first-order valence-corrected chi connectivity index (χ1v) is 9.65. The first-order chi connectivity index (χ1) is 14.0. The van der Waals surface area contributed by atoms with Gasteiger partial charge in [0.2, 0.25) is 5.91 Å². The van der Waals surface area contributed by atoms with E-state index in [4.69, 9.17) is 16.9 Å². The van der Waals surface area contributed by atoms with Gasteiger partial charge in [-0.2, -0.15) is 10.4 Å². The van der Waals surface area contributed by atoms with Crippen LogP contribution in [0.1, 0.15) is 12.0 Å². The topological polar surface area (TPSA) is 94.5 Å². The molecule has 1 fully saturated rings. The quantitative estimate of drug-likeness (QED) is 0.513. The Morgan fingerprint density at radius 1 is 1.24 bits per heavy atom. The number of anilines is 1. The molecular weight excluding hydrogens is 386 g/mol. The van der Waals surface area contributed by atoms with Crippen LogP contribution < -0.4 is 5.32 Å². The van der Waals surface area contributed by atoms with Crippen LogP contribution in [0.4, 0.5) is 5.82 Å². The van der Waals surface area contributed by atoms with Crippen molar-refractivity contribution >= 4 is 45.0 Å². The molecule has 1 aliphatic carbocycles. The number of fused-ring (bicyclic) bond motifs is 2. The van der Waals surface area contributed by atoms with Crippen molar-refractivity contribution in [2.75, 3.05) is 5.32 Å². The molecule has 2 aromatic carbocycles. The zero-order valence-electron chi connectivity index (χ0n) is 15.5. The predicted octanol–water partition coefficient (Wildman–Crippen LogP) is 4.84. The zero-order valence-corrected chi connectivity index (χ0v) is 16.3. The molecule has 29 heavy (non-hydrogen) atoms. The Morgan fingerprint density at radius 3 is 2.90 bits per heavy atom. The maximum atomic E-state index is 12.2. The van der Waals surface area contributed by atoms with Gasteiger partial charge in [0.25, 0.3) is 0 Å². The van der Waals surface area contributed by atoms with Crippen LogP contribution in [0.25, 0.3) is 32.8 Å². The summed E-state index contributed by atoms with van der Waals surface area (Å²) in [5.74, 6) is -0.123. The summed E-state index contributed by atoms with van der Waals surface area (Å²) in [4.78, 5) is 16.6. The molecule has 2 N–H and O–H groups in total. The van der Waals surface area contributed by atoms with Gasteiger partial charge in [0.1, 0.15) is 5.82 Å². The number of carbonyl (C=O) groups is 1. The fourth-order valence-electron chi connectivity index (χ4n) is 3.69. The Balaban J connectivity index is 1.54. The van der Waals surface area contributed by atoms with Crippen molar-refractivity contribution in [2.45, 2.75) is 13.3 Å². The second kappa shape index (κ2) is 6.57. The molecule has 0 radical (unpaired) electrons. The number of halogens is 1. The Kier molecular flexibility index (Phi) is 4.00. The molecule has 6 nitrogen and oxygen atoms in total. The summed E-state index contributed by atoms with van der Waals surface area (Å²) in [7, 11) is 0. The van der Waals surface area contributed by atoms with Gasteiger partial charge in [-0.25, -0.2) is 4.98 Å². The molecule has 0 aliphatic heterocycles. The van der Waals surface area contributed by atoms with Gasteiger partial charge in [-0.1, -0.05) is 11.6 Å². The minimum Gasteiger partial charge on any atom is -0.310 e. The highest BCUT2D eigenvalue weighted by molar-refractivity contribution is 6.36. The number of nitriles is 1. The Labute approximate surface area is 171 Å². The van der Waals surface area contributed by atoms with Gasteiger partial charge in [0, 0.05) is 17.0 Å². The van der Waals surface area contributed by atoms with E-state index in [1.165, 1.54) is 0 Å². The lowest BCUT2D eigenvalue weighted by atomic mass is 9.97. The number of pyridine rings is 1. The lowest BCUT2D eigenvalue weighted by Gasteiger charge is -2.11. The van der Waals surface area contributed by atoms with Crippen molar-refractivity contribution in [3.8, 4) is 17.2 Å². The van der Waals surface area contributed by atoms with Crippen molar-refractivity contribution in [1.82, 2.24) is 15.2 Å². The SMILES string of the molecule is Cc1cc2[nH]ncc2cc1-c1cc(Cl)c2cnc(NC(=O)[C@@H]3C[C@H]3C#N)cc2c1. The van der Waals surface area contributed by atoms with Crippen molar-refractivity contribution in [3.05, 3.63) is 53.3 Å².